The average molecular weight is 457 g/mol. The third-order valence-electron chi connectivity index (χ3n) is 5.77. The van der Waals surface area contributed by atoms with E-state index in [1.807, 2.05) is 86.6 Å². The third kappa shape index (κ3) is 5.09. The monoisotopic (exact) mass is 456 g/mol. The summed E-state index contributed by atoms with van der Waals surface area (Å²) in [6.07, 6.45) is -0.175. The van der Waals surface area contributed by atoms with Gasteiger partial charge in [-0.25, -0.2) is 4.98 Å². The average Bonchev–Trinajstić information content (AvgIpc) is 3.23. The van der Waals surface area contributed by atoms with Gasteiger partial charge >= 0.3 is 0 Å². The second kappa shape index (κ2) is 10.2. The minimum Gasteiger partial charge on any atom is -0.481 e. The lowest BCUT2D eigenvalue weighted by Crippen LogP contribution is -2.47. The zero-order chi connectivity index (χ0) is 24.1. The highest BCUT2D eigenvalue weighted by molar-refractivity contribution is 5.85. The van der Waals surface area contributed by atoms with E-state index in [2.05, 4.69) is 15.4 Å². The first-order chi connectivity index (χ1) is 16.4. The van der Waals surface area contributed by atoms with E-state index in [1.165, 1.54) is 0 Å². The fourth-order valence-electron chi connectivity index (χ4n) is 3.73. The molecular weight excluding hydrogens is 428 g/mol. The van der Waals surface area contributed by atoms with Crippen molar-refractivity contribution >= 4 is 22.8 Å². The second-order valence-corrected chi connectivity index (χ2v) is 8.18. The van der Waals surface area contributed by atoms with Crippen molar-refractivity contribution in [1.29, 1.82) is 0 Å². The maximum absolute atomic E-state index is 12.5. The number of aryl methyl sites for hydroxylation is 2. The van der Waals surface area contributed by atoms with Crippen LogP contribution in [-0.2, 0) is 16.0 Å². The van der Waals surface area contributed by atoms with Gasteiger partial charge in [0.15, 0.2) is 6.10 Å². The molecule has 0 saturated carbocycles. The van der Waals surface area contributed by atoms with E-state index in [-0.39, 0.29) is 12.3 Å². The molecular formula is C27H28N4O3. The van der Waals surface area contributed by atoms with Gasteiger partial charge in [-0.3, -0.25) is 25.0 Å². The molecule has 7 heteroatoms. The molecule has 0 radical (unpaired) electrons. The third-order valence-corrected chi connectivity index (χ3v) is 5.77. The van der Waals surface area contributed by atoms with Crippen LogP contribution in [0.5, 0.6) is 5.75 Å². The number of aromatic nitrogens is 2. The van der Waals surface area contributed by atoms with Gasteiger partial charge in [0.1, 0.15) is 11.6 Å². The van der Waals surface area contributed by atoms with Crippen molar-refractivity contribution in [1.82, 2.24) is 20.4 Å². The Kier molecular flexibility index (Phi) is 6.92. The van der Waals surface area contributed by atoms with Crippen molar-refractivity contribution in [3.63, 3.8) is 0 Å². The number of hydrazine groups is 1. The molecule has 0 spiro atoms. The molecule has 4 aromatic rings. The lowest BCUT2D eigenvalue weighted by molar-refractivity contribution is -0.132. The van der Waals surface area contributed by atoms with Crippen LogP contribution in [0.3, 0.4) is 0 Å². The van der Waals surface area contributed by atoms with Gasteiger partial charge in [0.05, 0.1) is 11.0 Å². The number of hydrogen-bond acceptors (Lipinski definition) is 4. The number of para-hydroxylation sites is 3. The smallest absolute Gasteiger partial charge is 0.279 e. The predicted molar refractivity (Wildman–Crippen MR) is 132 cm³/mol. The van der Waals surface area contributed by atoms with E-state index in [1.54, 1.807) is 6.92 Å². The summed E-state index contributed by atoms with van der Waals surface area (Å²) >= 11 is 0. The van der Waals surface area contributed by atoms with Crippen LogP contribution in [0.1, 0.15) is 30.3 Å². The van der Waals surface area contributed by atoms with Gasteiger partial charge in [-0.05, 0) is 62.2 Å². The Bertz CT molecular complexity index is 1310. The minimum atomic E-state index is -0.761. The van der Waals surface area contributed by atoms with E-state index in [0.29, 0.717) is 12.2 Å². The summed E-state index contributed by atoms with van der Waals surface area (Å²) in [4.78, 5) is 29.6. The molecule has 0 aliphatic heterocycles. The van der Waals surface area contributed by atoms with Crippen LogP contribution in [0.25, 0.3) is 16.7 Å². The van der Waals surface area contributed by atoms with Crippen molar-refractivity contribution in [2.75, 3.05) is 0 Å². The highest BCUT2D eigenvalue weighted by Crippen LogP contribution is 2.23. The summed E-state index contributed by atoms with van der Waals surface area (Å²) in [5.41, 5.74) is 9.83. The van der Waals surface area contributed by atoms with Crippen molar-refractivity contribution in [3.8, 4) is 11.4 Å². The lowest BCUT2D eigenvalue weighted by atomic mass is 10.1. The van der Waals surface area contributed by atoms with Crippen molar-refractivity contribution in [2.24, 2.45) is 0 Å². The molecule has 1 atom stereocenters. The predicted octanol–water partition coefficient (Wildman–Crippen LogP) is 4.19. The summed E-state index contributed by atoms with van der Waals surface area (Å²) in [6.45, 7) is 5.57. The molecule has 1 unspecified atom stereocenters. The molecule has 4 rings (SSSR count). The van der Waals surface area contributed by atoms with Gasteiger partial charge in [-0.2, -0.15) is 0 Å². The molecule has 0 bridgehead atoms. The number of rotatable bonds is 7. The number of hydrogen-bond donors (Lipinski definition) is 2. The van der Waals surface area contributed by atoms with Crippen LogP contribution in [-0.4, -0.2) is 27.5 Å². The molecule has 174 valence electrons. The highest BCUT2D eigenvalue weighted by atomic mass is 16.5. The fraction of sp³-hybridized carbons (Fsp3) is 0.222. The fourth-order valence-corrected chi connectivity index (χ4v) is 3.73. The minimum absolute atomic E-state index is 0.169. The van der Waals surface area contributed by atoms with E-state index in [9.17, 15) is 9.59 Å². The number of carbonyl (C=O) groups is 2. The Hall–Kier alpha value is -4.13. The molecule has 0 saturated heterocycles. The molecule has 0 fully saturated rings. The molecule has 1 heterocycles. The first-order valence-corrected chi connectivity index (χ1v) is 11.3. The zero-order valence-corrected chi connectivity index (χ0v) is 19.5. The van der Waals surface area contributed by atoms with Crippen LogP contribution < -0.4 is 15.6 Å². The molecule has 7 nitrogen and oxygen atoms in total. The number of imidazole rings is 1. The Morgan fingerprint density at radius 2 is 1.68 bits per heavy atom. The highest BCUT2D eigenvalue weighted by Gasteiger charge is 2.18. The van der Waals surface area contributed by atoms with Crippen molar-refractivity contribution < 1.29 is 14.3 Å². The quantitative estimate of drug-likeness (QED) is 0.409. The summed E-state index contributed by atoms with van der Waals surface area (Å²) in [7, 11) is 0. The molecule has 0 aliphatic rings. The molecule has 3 aromatic carbocycles. The second-order valence-electron chi connectivity index (χ2n) is 8.18. The molecule has 34 heavy (non-hydrogen) atoms. The summed E-state index contributed by atoms with van der Waals surface area (Å²) < 4.78 is 7.83. The van der Waals surface area contributed by atoms with Crippen LogP contribution in [0, 0.1) is 13.8 Å². The normalized spacial score (nSPS) is 11.7. The summed E-state index contributed by atoms with van der Waals surface area (Å²) in [5, 5.41) is 0. The Balaban J connectivity index is 1.36. The topological polar surface area (TPSA) is 85.2 Å². The summed E-state index contributed by atoms with van der Waals surface area (Å²) in [5.74, 6) is 0.694. The van der Waals surface area contributed by atoms with Gasteiger partial charge in [-0.15, -0.1) is 0 Å². The largest absolute Gasteiger partial charge is 0.481 e. The van der Waals surface area contributed by atoms with E-state index in [0.717, 1.165) is 33.7 Å². The Morgan fingerprint density at radius 3 is 2.47 bits per heavy atom. The lowest BCUT2D eigenvalue weighted by Gasteiger charge is -2.17. The van der Waals surface area contributed by atoms with Gasteiger partial charge in [0.25, 0.3) is 5.91 Å². The van der Waals surface area contributed by atoms with Crippen molar-refractivity contribution in [2.45, 2.75) is 39.7 Å². The van der Waals surface area contributed by atoms with Crippen molar-refractivity contribution in [3.05, 3.63) is 89.7 Å². The number of ether oxygens (including phenoxy) is 1. The number of fused-ring (bicyclic) bond motifs is 1. The van der Waals surface area contributed by atoms with Gasteiger partial charge in [-0.1, -0.05) is 42.5 Å². The number of amides is 2. The number of nitrogens with zero attached hydrogens (tertiary/aromatic N) is 2. The van der Waals surface area contributed by atoms with Gasteiger partial charge < -0.3 is 4.74 Å². The standard InChI is InChI=1S/C27H28N4O3/c1-18-10-9-15-24(19(18)2)34-20(3)27(33)30-29-26(32)17-16-25-28-22-13-7-8-14-23(22)31(25)21-11-5-4-6-12-21/h4-15,20H,16-17H2,1-3H3,(H,29,32)(H,30,33). The first kappa shape index (κ1) is 23.0. The Morgan fingerprint density at radius 1 is 0.941 bits per heavy atom. The maximum Gasteiger partial charge on any atom is 0.279 e. The van der Waals surface area contributed by atoms with E-state index < -0.39 is 12.0 Å². The number of carbonyl (C=O) groups excluding carboxylic acids is 2. The SMILES string of the molecule is Cc1cccc(OC(C)C(=O)NNC(=O)CCc2nc3ccccc3n2-c2ccccc2)c1C. The van der Waals surface area contributed by atoms with E-state index >= 15 is 0 Å². The van der Waals surface area contributed by atoms with Gasteiger partial charge in [0, 0.05) is 18.5 Å². The summed E-state index contributed by atoms with van der Waals surface area (Å²) in [6, 6.07) is 23.5. The van der Waals surface area contributed by atoms with E-state index in [4.69, 9.17) is 9.72 Å². The van der Waals surface area contributed by atoms with Gasteiger partial charge in [0.2, 0.25) is 5.91 Å². The molecule has 2 amide bonds. The zero-order valence-electron chi connectivity index (χ0n) is 19.5. The first-order valence-electron chi connectivity index (χ1n) is 11.3. The molecule has 2 N–H and O–H groups in total. The van der Waals surface area contributed by atoms with Crippen LogP contribution in [0.15, 0.2) is 72.8 Å². The van der Waals surface area contributed by atoms with Crippen LogP contribution in [0.4, 0.5) is 0 Å². The molecule has 0 aliphatic carbocycles. The maximum atomic E-state index is 12.5. The van der Waals surface area contributed by atoms with Crippen LogP contribution in [0.2, 0.25) is 0 Å². The van der Waals surface area contributed by atoms with Crippen LogP contribution >= 0.6 is 0 Å². The number of nitrogens with one attached hydrogen (secondary N) is 2. The molecule has 1 aromatic heterocycles. The number of benzene rings is 3. The Labute approximate surface area is 198 Å².